The van der Waals surface area contributed by atoms with Crippen molar-refractivity contribution in [3.05, 3.63) is 33.0 Å². The van der Waals surface area contributed by atoms with Crippen molar-refractivity contribution in [1.82, 2.24) is 9.88 Å². The predicted molar refractivity (Wildman–Crippen MR) is 96.8 cm³/mol. The van der Waals surface area contributed by atoms with Crippen molar-refractivity contribution < 1.29 is 14.6 Å². The molecule has 7 heteroatoms. The van der Waals surface area contributed by atoms with E-state index in [0.29, 0.717) is 35.8 Å². The Balaban J connectivity index is 1.88. The highest BCUT2D eigenvalue weighted by molar-refractivity contribution is 14.1. The fourth-order valence-electron chi connectivity index (χ4n) is 2.69. The summed E-state index contributed by atoms with van der Waals surface area (Å²) in [5.41, 5.74) is 0.644. The number of hydrogen-bond acceptors (Lipinski definition) is 4. The van der Waals surface area contributed by atoms with Crippen molar-refractivity contribution in [1.29, 1.82) is 0 Å². The number of β-amino-alcohol motifs (C(OH)–C–C–N with tert-alkyl or cyclic N) is 1. The Hall–Kier alpha value is -1.12. The summed E-state index contributed by atoms with van der Waals surface area (Å²) in [4.78, 5) is 18.4. The van der Waals surface area contributed by atoms with Gasteiger partial charge in [-0.1, -0.05) is 11.6 Å². The summed E-state index contributed by atoms with van der Waals surface area (Å²) in [7, 11) is 0. The molecule has 0 aliphatic carbocycles. The quantitative estimate of drug-likeness (QED) is 0.737. The van der Waals surface area contributed by atoms with Gasteiger partial charge in [-0.25, -0.2) is 0 Å². The van der Waals surface area contributed by atoms with Gasteiger partial charge in [0.25, 0.3) is 5.91 Å². The number of pyridine rings is 1. The number of aromatic nitrogens is 1. The lowest BCUT2D eigenvalue weighted by Gasteiger charge is -2.22. The van der Waals surface area contributed by atoms with Crippen LogP contribution in [0.2, 0.25) is 5.02 Å². The summed E-state index contributed by atoms with van der Waals surface area (Å²) in [5.74, 6) is 0.433. The minimum absolute atomic E-state index is 0.128. The van der Waals surface area contributed by atoms with Crippen molar-refractivity contribution >= 4 is 51.0 Å². The number of ether oxygens (including phenoxy) is 1. The van der Waals surface area contributed by atoms with Crippen molar-refractivity contribution in [3.8, 4) is 5.75 Å². The third-order valence-electron chi connectivity index (χ3n) is 3.87. The lowest BCUT2D eigenvalue weighted by molar-refractivity contribution is -0.137. The van der Waals surface area contributed by atoms with E-state index in [2.05, 4.69) is 27.6 Å². The first kappa shape index (κ1) is 16.7. The van der Waals surface area contributed by atoms with E-state index >= 15 is 0 Å². The normalized spacial score (nSPS) is 19.1. The van der Waals surface area contributed by atoms with Crippen molar-refractivity contribution in [3.63, 3.8) is 0 Å². The Morgan fingerprint density at radius 2 is 2.39 bits per heavy atom. The number of benzene rings is 1. The van der Waals surface area contributed by atoms with Crippen LogP contribution in [0.1, 0.15) is 13.3 Å². The number of aliphatic hydroxyl groups excluding tert-OH is 1. The van der Waals surface area contributed by atoms with Gasteiger partial charge in [0, 0.05) is 24.7 Å². The summed E-state index contributed by atoms with van der Waals surface area (Å²) in [6, 6.07) is 5.49. The molecule has 2 heterocycles. The summed E-state index contributed by atoms with van der Waals surface area (Å²) >= 11 is 8.38. The monoisotopic (exact) mass is 446 g/mol. The Morgan fingerprint density at radius 1 is 1.61 bits per heavy atom. The average Bonchev–Trinajstić information content (AvgIpc) is 2.97. The zero-order valence-electron chi connectivity index (χ0n) is 12.5. The number of carbonyl (C=O) groups excluding carboxylic acids is 1. The first-order valence-electron chi connectivity index (χ1n) is 7.33. The van der Waals surface area contributed by atoms with Crippen LogP contribution in [0.3, 0.4) is 0 Å². The van der Waals surface area contributed by atoms with Gasteiger partial charge >= 0.3 is 0 Å². The largest absolute Gasteiger partial charge is 0.477 e. The molecule has 0 saturated carbocycles. The number of rotatable bonds is 3. The van der Waals surface area contributed by atoms with E-state index in [9.17, 15) is 9.90 Å². The molecule has 1 aromatic heterocycles. The van der Waals surface area contributed by atoms with Crippen LogP contribution < -0.4 is 4.74 Å². The van der Waals surface area contributed by atoms with Crippen molar-refractivity contribution in [2.45, 2.75) is 25.6 Å². The Morgan fingerprint density at radius 3 is 3.09 bits per heavy atom. The lowest BCUT2D eigenvalue weighted by Crippen LogP contribution is -2.39. The maximum atomic E-state index is 12.5. The van der Waals surface area contributed by atoms with Crippen LogP contribution in [0.25, 0.3) is 10.9 Å². The lowest BCUT2D eigenvalue weighted by atomic mass is 10.2. The second-order valence-corrected chi connectivity index (χ2v) is 7.13. The molecular formula is C16H16ClIN2O3. The zero-order chi connectivity index (χ0) is 16.6. The van der Waals surface area contributed by atoms with Gasteiger partial charge in [-0.2, -0.15) is 0 Å². The van der Waals surface area contributed by atoms with E-state index in [1.807, 2.05) is 12.1 Å². The number of nitrogens with zero attached hydrogens (tertiary/aromatic N) is 2. The Labute approximate surface area is 152 Å². The second kappa shape index (κ2) is 6.78. The van der Waals surface area contributed by atoms with E-state index in [4.69, 9.17) is 16.3 Å². The highest BCUT2D eigenvalue weighted by Gasteiger charge is 2.29. The number of likely N-dealkylation sites (tertiary alicyclic amines) is 1. The van der Waals surface area contributed by atoms with Gasteiger partial charge in [0.15, 0.2) is 11.9 Å². The maximum Gasteiger partial charge on any atom is 0.263 e. The van der Waals surface area contributed by atoms with Crippen molar-refractivity contribution in [2.75, 3.05) is 13.1 Å². The highest BCUT2D eigenvalue weighted by Crippen LogP contribution is 2.35. The van der Waals surface area contributed by atoms with Gasteiger partial charge in [-0.15, -0.1) is 0 Å². The van der Waals surface area contributed by atoms with Crippen molar-refractivity contribution in [2.24, 2.45) is 0 Å². The molecular weight excluding hydrogens is 431 g/mol. The molecule has 1 aromatic carbocycles. The van der Waals surface area contributed by atoms with Gasteiger partial charge < -0.3 is 14.7 Å². The van der Waals surface area contributed by atoms with Gasteiger partial charge in [0.1, 0.15) is 5.52 Å². The van der Waals surface area contributed by atoms with E-state index in [1.165, 1.54) is 0 Å². The highest BCUT2D eigenvalue weighted by atomic mass is 127. The molecule has 2 atom stereocenters. The van der Waals surface area contributed by atoms with Crippen LogP contribution in [0.5, 0.6) is 5.75 Å². The molecule has 1 amide bonds. The third kappa shape index (κ3) is 3.39. The van der Waals surface area contributed by atoms with Crippen LogP contribution in [-0.4, -0.2) is 46.2 Å². The van der Waals surface area contributed by atoms with E-state index in [-0.39, 0.29) is 5.91 Å². The zero-order valence-corrected chi connectivity index (χ0v) is 15.4. The second-order valence-electron chi connectivity index (χ2n) is 5.56. The summed E-state index contributed by atoms with van der Waals surface area (Å²) in [5, 5.41) is 11.0. The van der Waals surface area contributed by atoms with Crippen LogP contribution >= 0.6 is 34.2 Å². The van der Waals surface area contributed by atoms with Gasteiger partial charge in [0.2, 0.25) is 0 Å². The Bertz CT molecular complexity index is 755. The molecule has 3 rings (SSSR count). The van der Waals surface area contributed by atoms with Gasteiger partial charge in [-0.3, -0.25) is 9.78 Å². The van der Waals surface area contributed by atoms with Gasteiger partial charge in [-0.05, 0) is 54.1 Å². The van der Waals surface area contributed by atoms with E-state index in [0.717, 1.165) is 8.96 Å². The topological polar surface area (TPSA) is 62.7 Å². The number of hydrogen-bond donors (Lipinski definition) is 1. The van der Waals surface area contributed by atoms with E-state index < -0.39 is 12.2 Å². The van der Waals surface area contributed by atoms with Crippen LogP contribution in [0.15, 0.2) is 24.4 Å². The number of amides is 1. The van der Waals surface area contributed by atoms with Crippen LogP contribution in [0.4, 0.5) is 0 Å². The molecule has 0 spiro atoms. The number of fused-ring (bicyclic) bond motifs is 1. The molecule has 2 aromatic rings. The Kier molecular flexibility index (Phi) is 4.93. The average molecular weight is 447 g/mol. The minimum atomic E-state index is -0.653. The predicted octanol–water partition coefficient (Wildman–Crippen LogP) is 2.85. The maximum absolute atomic E-state index is 12.5. The molecule has 0 radical (unpaired) electrons. The molecule has 0 unspecified atom stereocenters. The van der Waals surface area contributed by atoms with E-state index in [1.54, 1.807) is 24.1 Å². The molecule has 23 heavy (non-hydrogen) atoms. The first-order valence-corrected chi connectivity index (χ1v) is 8.79. The fourth-order valence-corrected chi connectivity index (χ4v) is 3.82. The fraction of sp³-hybridized carbons (Fsp3) is 0.375. The third-order valence-corrected chi connectivity index (χ3v) is 4.98. The summed E-state index contributed by atoms with van der Waals surface area (Å²) in [6.07, 6.45) is 1.19. The molecule has 1 aliphatic rings. The molecule has 1 N–H and O–H groups in total. The smallest absolute Gasteiger partial charge is 0.263 e. The summed E-state index contributed by atoms with van der Waals surface area (Å²) in [6.45, 7) is 2.64. The number of halogens is 2. The minimum Gasteiger partial charge on any atom is -0.477 e. The number of carbonyl (C=O) groups is 1. The first-order chi connectivity index (χ1) is 11.0. The molecule has 122 valence electrons. The molecule has 1 fully saturated rings. The summed E-state index contributed by atoms with van der Waals surface area (Å²) < 4.78 is 6.73. The van der Waals surface area contributed by atoms with Crippen LogP contribution in [0, 0.1) is 3.57 Å². The van der Waals surface area contributed by atoms with Gasteiger partial charge in [0.05, 0.1) is 14.7 Å². The van der Waals surface area contributed by atoms with Crippen LogP contribution in [-0.2, 0) is 4.79 Å². The SMILES string of the molecule is C[C@@H](Oc1c(I)cc(Cl)c2cccnc12)C(=O)N1CC[C@@H](O)C1. The molecule has 1 saturated heterocycles. The molecule has 0 bridgehead atoms. The number of aliphatic hydroxyl groups is 1. The molecule has 5 nitrogen and oxygen atoms in total. The standard InChI is InChI=1S/C16H16ClIN2O3/c1-9(16(22)20-6-4-10(21)8-20)23-15-13(18)7-12(17)11-3-2-5-19-14(11)15/h2-3,5,7,9-10,21H,4,6,8H2,1H3/t9-,10-/m1/s1. The molecule has 1 aliphatic heterocycles.